The van der Waals surface area contributed by atoms with Crippen LogP contribution < -0.4 is 5.32 Å². The minimum absolute atomic E-state index is 0.00866. The van der Waals surface area contributed by atoms with Gasteiger partial charge in [-0.3, -0.25) is 14.8 Å². The number of aromatic nitrogens is 1. The van der Waals surface area contributed by atoms with Gasteiger partial charge in [-0.1, -0.05) is 36.9 Å². The maximum absolute atomic E-state index is 13.7. The second kappa shape index (κ2) is 9.19. The Morgan fingerprint density at radius 2 is 2.03 bits per heavy atom. The van der Waals surface area contributed by atoms with E-state index in [9.17, 15) is 9.18 Å². The molecule has 1 N–H and O–H groups in total. The first-order valence-corrected chi connectivity index (χ1v) is 9.96. The molecule has 150 valence electrons. The average Bonchev–Trinajstić information content (AvgIpc) is 2.72. The van der Waals surface area contributed by atoms with E-state index in [-0.39, 0.29) is 30.3 Å². The van der Waals surface area contributed by atoms with E-state index in [1.807, 2.05) is 19.1 Å². The number of carbonyl (C=O) groups is 1. The lowest BCUT2D eigenvalue weighted by molar-refractivity contribution is -0.124. The van der Waals surface area contributed by atoms with Crippen LogP contribution in [0.1, 0.15) is 43.4 Å². The van der Waals surface area contributed by atoms with Gasteiger partial charge in [0.25, 0.3) is 0 Å². The molecule has 4 nitrogen and oxygen atoms in total. The van der Waals surface area contributed by atoms with Crippen LogP contribution in [-0.4, -0.2) is 23.1 Å². The second-order valence-corrected chi connectivity index (χ2v) is 7.57. The number of hydrogen-bond acceptors (Lipinski definition) is 3. The Balaban J connectivity index is 2.15. The molecule has 1 aromatic carbocycles. The zero-order valence-electron chi connectivity index (χ0n) is 16.4. The molecule has 2 aromatic rings. The summed E-state index contributed by atoms with van der Waals surface area (Å²) in [5.74, 6) is 1.02. The maximum atomic E-state index is 13.7. The van der Waals surface area contributed by atoms with Crippen LogP contribution in [0.3, 0.4) is 0 Å². The molecule has 0 spiro atoms. The monoisotopic (exact) mass is 411 g/mol. The standard InChI is InChI=1S/C23H23ClFN3O/c1-4-10-27-23(29)20-14(3)28-22(15-8-11-26-12-9-15)17(5-2)21(20)18-7-6-16(25)13-19(18)24/h1,6-9,11-13,17,20-22H,5,10H2,2-3H3,(H,27,29). The number of terminal acetylenes is 1. The molecule has 4 unspecified atom stereocenters. The topological polar surface area (TPSA) is 54.4 Å². The Morgan fingerprint density at radius 1 is 1.31 bits per heavy atom. The van der Waals surface area contributed by atoms with Gasteiger partial charge in [-0.25, -0.2) is 4.39 Å². The average molecular weight is 412 g/mol. The van der Waals surface area contributed by atoms with Crippen LogP contribution in [0.2, 0.25) is 5.02 Å². The van der Waals surface area contributed by atoms with E-state index in [0.29, 0.717) is 10.7 Å². The molecule has 0 saturated carbocycles. The van der Waals surface area contributed by atoms with Gasteiger partial charge in [-0.05, 0) is 48.2 Å². The van der Waals surface area contributed by atoms with E-state index in [2.05, 4.69) is 23.1 Å². The molecule has 1 aliphatic rings. The number of pyridine rings is 1. The van der Waals surface area contributed by atoms with Crippen molar-refractivity contribution < 1.29 is 9.18 Å². The SMILES string of the molecule is C#CCNC(=O)C1C(C)=NC(c2ccncc2)C(CC)C1c1ccc(F)cc1Cl. The van der Waals surface area contributed by atoms with Crippen LogP contribution in [0.5, 0.6) is 0 Å². The van der Waals surface area contributed by atoms with Gasteiger partial charge >= 0.3 is 0 Å². The van der Waals surface area contributed by atoms with Crippen molar-refractivity contribution in [3.05, 3.63) is 64.7 Å². The summed E-state index contributed by atoms with van der Waals surface area (Å²) in [4.78, 5) is 22.0. The third kappa shape index (κ3) is 4.33. The lowest BCUT2D eigenvalue weighted by Gasteiger charge is -2.41. The summed E-state index contributed by atoms with van der Waals surface area (Å²) < 4.78 is 13.7. The molecule has 0 fully saturated rings. The van der Waals surface area contributed by atoms with Gasteiger partial charge in [-0.2, -0.15) is 0 Å². The van der Waals surface area contributed by atoms with Crippen molar-refractivity contribution >= 4 is 23.2 Å². The number of rotatable bonds is 5. The highest BCUT2D eigenvalue weighted by atomic mass is 35.5. The molecule has 0 saturated heterocycles. The van der Waals surface area contributed by atoms with Crippen LogP contribution in [0, 0.1) is 30.0 Å². The predicted octanol–water partition coefficient (Wildman–Crippen LogP) is 4.57. The molecule has 29 heavy (non-hydrogen) atoms. The molecule has 1 amide bonds. The Bertz CT molecular complexity index is 954. The van der Waals surface area contributed by atoms with E-state index >= 15 is 0 Å². The molecule has 2 heterocycles. The lowest BCUT2D eigenvalue weighted by Crippen LogP contribution is -2.44. The van der Waals surface area contributed by atoms with Crippen LogP contribution in [0.15, 0.2) is 47.7 Å². The molecular weight excluding hydrogens is 389 g/mol. The molecule has 1 aromatic heterocycles. The first kappa shape index (κ1) is 21.0. The van der Waals surface area contributed by atoms with Gasteiger partial charge in [0.1, 0.15) is 5.82 Å². The number of benzene rings is 1. The molecule has 1 aliphatic heterocycles. The number of amides is 1. The minimum Gasteiger partial charge on any atom is -0.345 e. The minimum atomic E-state index is -0.533. The number of nitrogens with zero attached hydrogens (tertiary/aromatic N) is 2. The third-order valence-electron chi connectivity index (χ3n) is 5.51. The summed E-state index contributed by atoms with van der Waals surface area (Å²) in [5.41, 5.74) is 2.47. The summed E-state index contributed by atoms with van der Waals surface area (Å²) in [6, 6.07) is 8.08. The summed E-state index contributed by atoms with van der Waals surface area (Å²) in [5, 5.41) is 3.09. The fourth-order valence-corrected chi connectivity index (χ4v) is 4.53. The number of halogens is 2. The summed E-state index contributed by atoms with van der Waals surface area (Å²) >= 11 is 6.45. The van der Waals surface area contributed by atoms with Gasteiger partial charge in [0.2, 0.25) is 5.91 Å². The molecule has 6 heteroatoms. The number of carbonyl (C=O) groups excluding carboxylic acids is 1. The van der Waals surface area contributed by atoms with Crippen LogP contribution in [-0.2, 0) is 4.79 Å². The van der Waals surface area contributed by atoms with Crippen molar-refractivity contribution in [2.75, 3.05) is 6.54 Å². The molecule has 0 bridgehead atoms. The van der Waals surface area contributed by atoms with Gasteiger partial charge in [0, 0.05) is 29.0 Å². The molecule has 0 radical (unpaired) electrons. The van der Waals surface area contributed by atoms with Gasteiger partial charge in [0.05, 0.1) is 18.5 Å². The first-order chi connectivity index (χ1) is 14.0. The number of aliphatic imine (C=N–C) groups is 1. The fourth-order valence-electron chi connectivity index (χ4n) is 4.24. The van der Waals surface area contributed by atoms with Crippen molar-refractivity contribution in [3.63, 3.8) is 0 Å². The highest BCUT2D eigenvalue weighted by molar-refractivity contribution is 6.31. The number of nitrogens with one attached hydrogen (secondary N) is 1. The van der Waals surface area contributed by atoms with Crippen LogP contribution >= 0.6 is 11.6 Å². The smallest absolute Gasteiger partial charge is 0.230 e. The van der Waals surface area contributed by atoms with E-state index < -0.39 is 11.7 Å². The lowest BCUT2D eigenvalue weighted by atomic mass is 9.67. The van der Waals surface area contributed by atoms with E-state index in [0.717, 1.165) is 17.5 Å². The number of hydrogen-bond donors (Lipinski definition) is 1. The largest absolute Gasteiger partial charge is 0.345 e. The molecular formula is C23H23ClFN3O. The van der Waals surface area contributed by atoms with Gasteiger partial charge in [-0.15, -0.1) is 6.42 Å². The zero-order chi connectivity index (χ0) is 21.0. The Labute approximate surface area is 175 Å². The summed E-state index contributed by atoms with van der Waals surface area (Å²) in [6.45, 7) is 4.05. The zero-order valence-corrected chi connectivity index (χ0v) is 17.2. The van der Waals surface area contributed by atoms with E-state index in [1.165, 1.54) is 12.1 Å². The fraction of sp³-hybridized carbons (Fsp3) is 0.348. The molecule has 4 atom stereocenters. The Morgan fingerprint density at radius 3 is 2.66 bits per heavy atom. The van der Waals surface area contributed by atoms with Gasteiger partial charge in [0.15, 0.2) is 0 Å². The van der Waals surface area contributed by atoms with Crippen LogP contribution in [0.4, 0.5) is 4.39 Å². The highest BCUT2D eigenvalue weighted by Crippen LogP contribution is 2.49. The Kier molecular flexibility index (Phi) is 6.66. The first-order valence-electron chi connectivity index (χ1n) is 9.58. The van der Waals surface area contributed by atoms with Crippen molar-refractivity contribution in [3.8, 4) is 12.3 Å². The van der Waals surface area contributed by atoms with Crippen LogP contribution in [0.25, 0.3) is 0 Å². The van der Waals surface area contributed by atoms with Crippen molar-refractivity contribution in [2.24, 2.45) is 16.8 Å². The van der Waals surface area contributed by atoms with Crippen molar-refractivity contribution in [2.45, 2.75) is 32.2 Å². The predicted molar refractivity (Wildman–Crippen MR) is 113 cm³/mol. The summed E-state index contributed by atoms with van der Waals surface area (Å²) in [6.07, 6.45) is 9.55. The quantitative estimate of drug-likeness (QED) is 0.733. The summed E-state index contributed by atoms with van der Waals surface area (Å²) in [7, 11) is 0. The second-order valence-electron chi connectivity index (χ2n) is 7.16. The van der Waals surface area contributed by atoms with Gasteiger partial charge < -0.3 is 5.32 Å². The van der Waals surface area contributed by atoms with E-state index in [4.69, 9.17) is 23.0 Å². The van der Waals surface area contributed by atoms with Crippen molar-refractivity contribution in [1.29, 1.82) is 0 Å². The molecule has 3 rings (SSSR count). The third-order valence-corrected chi connectivity index (χ3v) is 5.83. The van der Waals surface area contributed by atoms with Crippen molar-refractivity contribution in [1.82, 2.24) is 10.3 Å². The molecule has 0 aliphatic carbocycles. The van der Waals surface area contributed by atoms with E-state index in [1.54, 1.807) is 18.5 Å². The Hall–Kier alpha value is -2.71. The highest BCUT2D eigenvalue weighted by Gasteiger charge is 2.44. The normalized spacial score (nSPS) is 23.8. The maximum Gasteiger partial charge on any atom is 0.230 e.